The number of halogens is 2. The number of hydrogen-bond acceptors (Lipinski definition) is 5. The molecule has 0 amide bonds. The molecule has 3 aromatic rings. The predicted molar refractivity (Wildman–Crippen MR) is 116 cm³/mol. The second-order valence-corrected chi connectivity index (χ2v) is 9.21. The molecule has 0 radical (unpaired) electrons. The number of pyridine rings is 1. The number of rotatable bonds is 4. The van der Waals surface area contributed by atoms with E-state index in [1.165, 1.54) is 12.8 Å². The van der Waals surface area contributed by atoms with E-state index in [0.29, 0.717) is 5.92 Å². The van der Waals surface area contributed by atoms with E-state index in [1.807, 2.05) is 10.9 Å². The van der Waals surface area contributed by atoms with Gasteiger partial charge in [-0.2, -0.15) is 0 Å². The quantitative estimate of drug-likeness (QED) is 0.471. The summed E-state index contributed by atoms with van der Waals surface area (Å²) in [7, 11) is 0. The van der Waals surface area contributed by atoms with Crippen LogP contribution < -0.4 is 5.32 Å². The molecule has 2 fully saturated rings. The summed E-state index contributed by atoms with van der Waals surface area (Å²) >= 11 is 7.42. The Morgan fingerprint density at radius 1 is 1.14 bits per heavy atom. The van der Waals surface area contributed by atoms with Gasteiger partial charge in [0, 0.05) is 18.7 Å². The van der Waals surface area contributed by atoms with Crippen LogP contribution in [-0.2, 0) is 4.74 Å². The van der Waals surface area contributed by atoms with Crippen molar-refractivity contribution in [3.05, 3.63) is 38.5 Å². The van der Waals surface area contributed by atoms with Gasteiger partial charge in [0.15, 0.2) is 6.23 Å². The maximum absolute atomic E-state index is 5.92. The molecule has 146 valence electrons. The largest absolute Gasteiger partial charge is 0.356 e. The van der Waals surface area contributed by atoms with Crippen LogP contribution in [0, 0.1) is 6.92 Å². The second-order valence-electron chi connectivity index (χ2n) is 7.56. The highest BCUT2D eigenvalue weighted by atomic mass is 79.9. The van der Waals surface area contributed by atoms with E-state index in [9.17, 15) is 0 Å². The van der Waals surface area contributed by atoms with E-state index in [-0.39, 0.29) is 6.23 Å². The maximum atomic E-state index is 5.92. The standard InChI is InChI=1S/C20H21Br2N5O/c1-11-5-8-14-20(25-26-27(14)15-4-2-3-9-28-15)17(11)24-19-13(21)10-23-18(16(19)22)12-6-7-12/h5,8,10,12,15H,2-4,6-7,9H2,1H3,(H,23,24). The summed E-state index contributed by atoms with van der Waals surface area (Å²) in [6.07, 6.45) is 7.50. The molecule has 6 nitrogen and oxygen atoms in total. The van der Waals surface area contributed by atoms with Crippen molar-refractivity contribution in [2.24, 2.45) is 0 Å². The van der Waals surface area contributed by atoms with Gasteiger partial charge in [-0.25, -0.2) is 4.68 Å². The third-order valence-electron chi connectivity index (χ3n) is 5.50. The first-order valence-electron chi connectivity index (χ1n) is 9.70. The molecule has 1 aromatic carbocycles. The molecule has 1 aliphatic heterocycles. The molecule has 3 heterocycles. The molecule has 5 rings (SSSR count). The third-order valence-corrected chi connectivity index (χ3v) is 6.90. The number of ether oxygens (including phenoxy) is 1. The molecule has 0 bridgehead atoms. The summed E-state index contributed by atoms with van der Waals surface area (Å²) in [5, 5.41) is 12.5. The zero-order valence-electron chi connectivity index (χ0n) is 15.6. The van der Waals surface area contributed by atoms with E-state index in [1.54, 1.807) is 0 Å². The highest BCUT2D eigenvalue weighted by Crippen LogP contribution is 2.46. The molecule has 2 aromatic heterocycles. The number of aryl methyl sites for hydroxylation is 1. The Morgan fingerprint density at radius 3 is 2.75 bits per heavy atom. The fraction of sp³-hybridized carbons (Fsp3) is 0.450. The Hall–Kier alpha value is -1.51. The first-order valence-corrected chi connectivity index (χ1v) is 11.3. The molecule has 1 unspecified atom stereocenters. The van der Waals surface area contributed by atoms with Crippen molar-refractivity contribution in [3.8, 4) is 0 Å². The van der Waals surface area contributed by atoms with Gasteiger partial charge in [-0.1, -0.05) is 11.3 Å². The Morgan fingerprint density at radius 2 is 2.00 bits per heavy atom. The minimum absolute atomic E-state index is 0.0322. The molecular weight excluding hydrogens is 486 g/mol. The van der Waals surface area contributed by atoms with Gasteiger partial charge in [0.25, 0.3) is 0 Å². The lowest BCUT2D eigenvalue weighted by Crippen LogP contribution is -2.19. The van der Waals surface area contributed by atoms with Gasteiger partial charge in [0.2, 0.25) is 0 Å². The van der Waals surface area contributed by atoms with Crippen molar-refractivity contribution in [1.82, 2.24) is 20.0 Å². The topological polar surface area (TPSA) is 64.9 Å². The number of aromatic nitrogens is 4. The number of benzene rings is 1. The van der Waals surface area contributed by atoms with Gasteiger partial charge in [0.1, 0.15) is 5.52 Å². The van der Waals surface area contributed by atoms with E-state index in [0.717, 1.165) is 68.5 Å². The summed E-state index contributed by atoms with van der Waals surface area (Å²) < 4.78 is 9.78. The molecule has 1 N–H and O–H groups in total. The third kappa shape index (κ3) is 3.25. The number of nitrogens with zero attached hydrogens (tertiary/aromatic N) is 4. The van der Waals surface area contributed by atoms with Gasteiger partial charge in [-0.15, -0.1) is 5.10 Å². The van der Waals surface area contributed by atoms with Crippen LogP contribution in [0.25, 0.3) is 11.0 Å². The highest BCUT2D eigenvalue weighted by molar-refractivity contribution is 9.11. The molecule has 2 aliphatic rings. The van der Waals surface area contributed by atoms with E-state index >= 15 is 0 Å². The molecular formula is C20H21Br2N5O. The van der Waals surface area contributed by atoms with Gasteiger partial charge in [0.05, 0.1) is 31.5 Å². The van der Waals surface area contributed by atoms with Crippen LogP contribution in [-0.4, -0.2) is 26.6 Å². The SMILES string of the molecule is Cc1ccc2c(nnn2C2CCCCO2)c1Nc1c(Br)cnc(C2CC2)c1Br. The molecule has 0 spiro atoms. The number of anilines is 2. The van der Waals surface area contributed by atoms with Crippen molar-refractivity contribution in [2.75, 3.05) is 11.9 Å². The normalized spacial score (nSPS) is 19.9. The fourth-order valence-electron chi connectivity index (χ4n) is 3.76. The van der Waals surface area contributed by atoms with Gasteiger partial charge in [-0.05, 0) is 82.5 Å². The molecule has 28 heavy (non-hydrogen) atoms. The van der Waals surface area contributed by atoms with E-state index < -0.39 is 0 Å². The average Bonchev–Trinajstić information content (AvgIpc) is 3.45. The minimum Gasteiger partial charge on any atom is -0.356 e. The lowest BCUT2D eigenvalue weighted by molar-refractivity contribution is -0.0377. The average molecular weight is 507 g/mol. The Balaban J connectivity index is 1.57. The van der Waals surface area contributed by atoms with Gasteiger partial charge in [-0.3, -0.25) is 4.98 Å². The second kappa shape index (κ2) is 7.39. The summed E-state index contributed by atoms with van der Waals surface area (Å²) in [5.74, 6) is 0.559. The summed E-state index contributed by atoms with van der Waals surface area (Å²) in [5.41, 5.74) is 6.04. The fourth-order valence-corrected chi connectivity index (χ4v) is 5.16. The van der Waals surface area contributed by atoms with Crippen LogP contribution in [0.15, 0.2) is 27.3 Å². The van der Waals surface area contributed by atoms with Gasteiger partial charge < -0.3 is 10.1 Å². The molecule has 1 aliphatic carbocycles. The zero-order valence-corrected chi connectivity index (χ0v) is 18.8. The monoisotopic (exact) mass is 505 g/mol. The summed E-state index contributed by atoms with van der Waals surface area (Å²) in [6.45, 7) is 2.87. The molecule has 1 saturated carbocycles. The predicted octanol–water partition coefficient (Wildman–Crippen LogP) is 5.98. The van der Waals surface area contributed by atoms with Gasteiger partial charge >= 0.3 is 0 Å². The number of hydrogen-bond donors (Lipinski definition) is 1. The Bertz CT molecular complexity index is 1040. The van der Waals surface area contributed by atoms with Crippen LogP contribution in [0.2, 0.25) is 0 Å². The first-order chi connectivity index (χ1) is 13.6. The Labute approximate surface area is 180 Å². The lowest BCUT2D eigenvalue weighted by atomic mass is 10.1. The van der Waals surface area contributed by atoms with Crippen LogP contribution in [0.1, 0.15) is 55.5 Å². The molecule has 8 heteroatoms. The van der Waals surface area contributed by atoms with E-state index in [2.05, 4.69) is 71.5 Å². The van der Waals surface area contributed by atoms with Crippen LogP contribution in [0.5, 0.6) is 0 Å². The Kier molecular flexibility index (Phi) is 4.88. The van der Waals surface area contributed by atoms with Crippen molar-refractivity contribution < 1.29 is 4.74 Å². The lowest BCUT2D eigenvalue weighted by Gasteiger charge is -2.23. The van der Waals surface area contributed by atoms with Crippen LogP contribution in [0.3, 0.4) is 0 Å². The van der Waals surface area contributed by atoms with E-state index in [4.69, 9.17) is 4.74 Å². The van der Waals surface area contributed by atoms with Crippen LogP contribution in [0.4, 0.5) is 11.4 Å². The number of fused-ring (bicyclic) bond motifs is 1. The summed E-state index contributed by atoms with van der Waals surface area (Å²) in [6, 6.07) is 4.19. The van der Waals surface area contributed by atoms with Crippen molar-refractivity contribution >= 4 is 54.3 Å². The zero-order chi connectivity index (χ0) is 19.3. The minimum atomic E-state index is -0.0322. The number of nitrogens with one attached hydrogen (secondary N) is 1. The highest BCUT2D eigenvalue weighted by Gasteiger charge is 2.29. The molecule has 1 saturated heterocycles. The summed E-state index contributed by atoms with van der Waals surface area (Å²) in [4.78, 5) is 4.61. The van der Waals surface area contributed by atoms with Crippen molar-refractivity contribution in [3.63, 3.8) is 0 Å². The maximum Gasteiger partial charge on any atom is 0.152 e. The van der Waals surface area contributed by atoms with Crippen molar-refractivity contribution in [2.45, 2.75) is 51.2 Å². The van der Waals surface area contributed by atoms with Crippen molar-refractivity contribution in [1.29, 1.82) is 0 Å². The first kappa shape index (κ1) is 18.5. The van der Waals surface area contributed by atoms with Crippen LogP contribution >= 0.6 is 31.9 Å². The smallest absolute Gasteiger partial charge is 0.152 e. The molecule has 1 atom stereocenters.